The van der Waals surface area contributed by atoms with Crippen molar-refractivity contribution in [1.82, 2.24) is 14.9 Å². The first-order valence-electron chi connectivity index (χ1n) is 6.76. The number of rotatable bonds is 7. The Kier molecular flexibility index (Phi) is 5.44. The van der Waals surface area contributed by atoms with Crippen LogP contribution in [0.3, 0.4) is 0 Å². The van der Waals surface area contributed by atoms with Gasteiger partial charge in [0.05, 0.1) is 12.9 Å². The molecular formula is C15H20ClN3O. The van der Waals surface area contributed by atoms with E-state index in [1.54, 1.807) is 12.5 Å². The lowest BCUT2D eigenvalue weighted by atomic mass is 10.2. The highest BCUT2D eigenvalue weighted by Crippen LogP contribution is 2.26. The van der Waals surface area contributed by atoms with Crippen LogP contribution in [0.2, 0.25) is 5.02 Å². The highest BCUT2D eigenvalue weighted by molar-refractivity contribution is 6.31. The molecule has 0 aliphatic carbocycles. The molecule has 108 valence electrons. The van der Waals surface area contributed by atoms with E-state index in [9.17, 15) is 0 Å². The zero-order chi connectivity index (χ0) is 14.4. The summed E-state index contributed by atoms with van der Waals surface area (Å²) in [5.74, 6) is 0.839. The number of imidazole rings is 1. The van der Waals surface area contributed by atoms with Crippen molar-refractivity contribution in [3.8, 4) is 5.75 Å². The Morgan fingerprint density at radius 1 is 1.40 bits per heavy atom. The van der Waals surface area contributed by atoms with E-state index in [4.69, 9.17) is 16.3 Å². The molecule has 5 heteroatoms. The molecule has 0 saturated heterocycles. The molecule has 0 radical (unpaired) electrons. The number of ether oxygens (including phenoxy) is 1. The maximum absolute atomic E-state index is 6.26. The van der Waals surface area contributed by atoms with Crippen LogP contribution in [-0.4, -0.2) is 22.2 Å². The van der Waals surface area contributed by atoms with E-state index in [2.05, 4.69) is 24.1 Å². The van der Waals surface area contributed by atoms with Gasteiger partial charge in [-0.05, 0) is 12.1 Å². The molecule has 0 fully saturated rings. The summed E-state index contributed by atoms with van der Waals surface area (Å²) in [4.78, 5) is 4.00. The van der Waals surface area contributed by atoms with Gasteiger partial charge >= 0.3 is 0 Å². The van der Waals surface area contributed by atoms with Crippen LogP contribution < -0.4 is 10.1 Å². The van der Waals surface area contributed by atoms with E-state index in [0.29, 0.717) is 19.2 Å². The number of aromatic nitrogens is 2. The van der Waals surface area contributed by atoms with Gasteiger partial charge in [-0.2, -0.15) is 0 Å². The fourth-order valence-electron chi connectivity index (χ4n) is 1.83. The Bertz CT molecular complexity index is 526. The first-order valence-corrected chi connectivity index (χ1v) is 7.14. The van der Waals surface area contributed by atoms with Gasteiger partial charge in [0, 0.05) is 35.6 Å². The van der Waals surface area contributed by atoms with E-state index < -0.39 is 0 Å². The summed E-state index contributed by atoms with van der Waals surface area (Å²) in [6, 6.07) is 6.16. The van der Waals surface area contributed by atoms with Crippen LogP contribution in [0.15, 0.2) is 36.9 Å². The third-order valence-electron chi connectivity index (χ3n) is 2.93. The van der Waals surface area contributed by atoms with Crippen molar-refractivity contribution in [3.05, 3.63) is 47.5 Å². The van der Waals surface area contributed by atoms with Crippen molar-refractivity contribution in [3.63, 3.8) is 0 Å². The fraction of sp³-hybridized carbons (Fsp3) is 0.400. The number of halogens is 1. The molecule has 0 bridgehead atoms. The summed E-state index contributed by atoms with van der Waals surface area (Å²) < 4.78 is 7.83. The highest BCUT2D eigenvalue weighted by Gasteiger charge is 2.08. The molecule has 1 N–H and O–H groups in total. The van der Waals surface area contributed by atoms with Crippen molar-refractivity contribution in [1.29, 1.82) is 0 Å². The van der Waals surface area contributed by atoms with Gasteiger partial charge in [0.2, 0.25) is 0 Å². The van der Waals surface area contributed by atoms with E-state index in [1.165, 1.54) is 0 Å². The monoisotopic (exact) mass is 293 g/mol. The predicted octanol–water partition coefficient (Wildman–Crippen LogP) is 3.11. The maximum atomic E-state index is 6.26. The van der Waals surface area contributed by atoms with E-state index in [0.717, 1.165) is 22.9 Å². The Hall–Kier alpha value is -1.52. The van der Waals surface area contributed by atoms with Crippen LogP contribution >= 0.6 is 11.6 Å². The Morgan fingerprint density at radius 2 is 2.25 bits per heavy atom. The van der Waals surface area contributed by atoms with Crippen molar-refractivity contribution in [2.45, 2.75) is 33.0 Å². The van der Waals surface area contributed by atoms with E-state index in [1.807, 2.05) is 29.0 Å². The lowest BCUT2D eigenvalue weighted by molar-refractivity contribution is 0.294. The van der Waals surface area contributed by atoms with Gasteiger partial charge in [0.15, 0.2) is 0 Å². The zero-order valence-electron chi connectivity index (χ0n) is 11.8. The topological polar surface area (TPSA) is 39.1 Å². The van der Waals surface area contributed by atoms with Gasteiger partial charge < -0.3 is 14.6 Å². The molecule has 0 unspecified atom stereocenters. The number of hydrogen-bond donors (Lipinski definition) is 1. The molecule has 1 aromatic heterocycles. The van der Waals surface area contributed by atoms with Crippen molar-refractivity contribution < 1.29 is 4.74 Å². The van der Waals surface area contributed by atoms with Gasteiger partial charge in [-0.15, -0.1) is 0 Å². The molecule has 20 heavy (non-hydrogen) atoms. The largest absolute Gasteiger partial charge is 0.491 e. The molecule has 4 nitrogen and oxygen atoms in total. The molecular weight excluding hydrogens is 274 g/mol. The second-order valence-corrected chi connectivity index (χ2v) is 5.31. The van der Waals surface area contributed by atoms with E-state index in [-0.39, 0.29) is 0 Å². The minimum absolute atomic E-state index is 0.407. The van der Waals surface area contributed by atoms with Gasteiger partial charge in [-0.25, -0.2) is 4.98 Å². The summed E-state index contributed by atoms with van der Waals surface area (Å²) in [5.41, 5.74) is 1.01. The van der Waals surface area contributed by atoms with Crippen LogP contribution in [0.1, 0.15) is 19.4 Å². The van der Waals surface area contributed by atoms with Gasteiger partial charge in [0.1, 0.15) is 12.4 Å². The fourth-order valence-corrected chi connectivity index (χ4v) is 2.06. The summed E-state index contributed by atoms with van der Waals surface area (Å²) >= 11 is 6.26. The minimum Gasteiger partial charge on any atom is -0.491 e. The molecule has 1 heterocycles. The van der Waals surface area contributed by atoms with Crippen LogP contribution in [-0.2, 0) is 13.1 Å². The Morgan fingerprint density at radius 3 is 2.95 bits per heavy atom. The van der Waals surface area contributed by atoms with Gasteiger partial charge in [-0.1, -0.05) is 31.5 Å². The summed E-state index contributed by atoms with van der Waals surface area (Å²) in [6.07, 6.45) is 5.46. The average molecular weight is 294 g/mol. The third kappa shape index (κ3) is 4.25. The molecule has 0 aliphatic rings. The Balaban J connectivity index is 1.97. The molecule has 1 aromatic carbocycles. The summed E-state index contributed by atoms with van der Waals surface area (Å²) in [5, 5.41) is 4.10. The standard InChI is InChI=1S/C15H20ClN3O/c1-12(2)18-10-13-14(16)4-3-5-15(13)20-9-8-19-7-6-17-11-19/h3-7,11-12,18H,8-10H2,1-2H3. The Labute approximate surface area is 124 Å². The van der Waals surface area contributed by atoms with Crippen LogP contribution in [0.4, 0.5) is 0 Å². The van der Waals surface area contributed by atoms with E-state index >= 15 is 0 Å². The number of nitrogens with zero attached hydrogens (tertiary/aromatic N) is 2. The molecule has 2 rings (SSSR count). The number of nitrogens with one attached hydrogen (secondary N) is 1. The smallest absolute Gasteiger partial charge is 0.125 e. The summed E-state index contributed by atoms with van der Waals surface area (Å²) in [7, 11) is 0. The minimum atomic E-state index is 0.407. The second kappa shape index (κ2) is 7.31. The van der Waals surface area contributed by atoms with Crippen molar-refractivity contribution in [2.75, 3.05) is 6.61 Å². The molecule has 0 atom stereocenters. The van der Waals surface area contributed by atoms with Crippen LogP contribution in [0.25, 0.3) is 0 Å². The average Bonchev–Trinajstić information content (AvgIpc) is 2.91. The number of benzene rings is 1. The normalized spacial score (nSPS) is 11.0. The zero-order valence-corrected chi connectivity index (χ0v) is 12.6. The predicted molar refractivity (Wildman–Crippen MR) is 81.1 cm³/mol. The summed E-state index contributed by atoms with van der Waals surface area (Å²) in [6.45, 7) is 6.28. The van der Waals surface area contributed by atoms with Crippen LogP contribution in [0, 0.1) is 0 Å². The lowest BCUT2D eigenvalue weighted by Gasteiger charge is -2.15. The molecule has 0 amide bonds. The molecule has 2 aromatic rings. The van der Waals surface area contributed by atoms with Crippen LogP contribution in [0.5, 0.6) is 5.75 Å². The third-order valence-corrected chi connectivity index (χ3v) is 3.28. The molecule has 0 saturated carbocycles. The quantitative estimate of drug-likeness (QED) is 0.852. The lowest BCUT2D eigenvalue weighted by Crippen LogP contribution is -2.22. The molecule has 0 aliphatic heterocycles. The van der Waals surface area contributed by atoms with Gasteiger partial charge in [-0.3, -0.25) is 0 Å². The van der Waals surface area contributed by atoms with Crippen molar-refractivity contribution in [2.24, 2.45) is 0 Å². The van der Waals surface area contributed by atoms with Crippen molar-refractivity contribution >= 4 is 11.6 Å². The maximum Gasteiger partial charge on any atom is 0.125 e. The first-order chi connectivity index (χ1) is 9.66. The number of hydrogen-bond acceptors (Lipinski definition) is 3. The first kappa shape index (κ1) is 14.9. The highest BCUT2D eigenvalue weighted by atomic mass is 35.5. The second-order valence-electron chi connectivity index (χ2n) is 4.90. The SMILES string of the molecule is CC(C)NCc1c(Cl)cccc1OCCn1ccnc1. The molecule has 0 spiro atoms. The van der Waals surface area contributed by atoms with Gasteiger partial charge in [0.25, 0.3) is 0 Å².